The van der Waals surface area contributed by atoms with Crippen LogP contribution in [0.4, 0.5) is 0 Å². The van der Waals surface area contributed by atoms with Gasteiger partial charge in [-0.1, -0.05) is 0 Å². The number of aryl methyl sites for hydroxylation is 1. The summed E-state index contributed by atoms with van der Waals surface area (Å²) in [7, 11) is 5.65. The normalized spacial score (nSPS) is 23.6. The molecule has 1 aromatic rings. The van der Waals surface area contributed by atoms with Crippen LogP contribution in [-0.2, 0) is 16.6 Å². The first-order chi connectivity index (χ1) is 9.06. The van der Waals surface area contributed by atoms with Crippen molar-refractivity contribution in [1.82, 2.24) is 20.0 Å². The van der Waals surface area contributed by atoms with E-state index >= 15 is 0 Å². The fourth-order valence-electron chi connectivity index (χ4n) is 2.38. The van der Waals surface area contributed by atoms with E-state index in [4.69, 9.17) is 4.74 Å². The Morgan fingerprint density at radius 2 is 2.42 bits per heavy atom. The Morgan fingerprint density at radius 3 is 3.05 bits per heavy atom. The van der Waals surface area contributed by atoms with Gasteiger partial charge in [-0.2, -0.15) is 5.10 Å². The van der Waals surface area contributed by atoms with Crippen LogP contribution < -0.4 is 5.32 Å². The SMILES string of the molecule is CN(C)CC(=O)N[C@H]1CCCO[C@@H]1c1cnn(C)c1. The van der Waals surface area contributed by atoms with E-state index in [1.807, 2.05) is 32.2 Å². The molecule has 2 rings (SSSR count). The van der Waals surface area contributed by atoms with Gasteiger partial charge in [-0.25, -0.2) is 0 Å². The quantitative estimate of drug-likeness (QED) is 0.852. The molecule has 6 nitrogen and oxygen atoms in total. The van der Waals surface area contributed by atoms with E-state index < -0.39 is 0 Å². The van der Waals surface area contributed by atoms with Crippen LogP contribution >= 0.6 is 0 Å². The highest BCUT2D eigenvalue weighted by Crippen LogP contribution is 2.27. The predicted octanol–water partition coefficient (Wildman–Crippen LogP) is 0.318. The summed E-state index contributed by atoms with van der Waals surface area (Å²) in [6, 6.07) is 0.0328. The van der Waals surface area contributed by atoms with Crippen LogP contribution in [0.25, 0.3) is 0 Å². The molecule has 19 heavy (non-hydrogen) atoms. The Kier molecular flexibility index (Phi) is 4.55. The first-order valence-corrected chi connectivity index (χ1v) is 6.60. The molecular weight excluding hydrogens is 244 g/mol. The number of likely N-dealkylation sites (N-methyl/N-ethyl adjacent to an activating group) is 1. The van der Waals surface area contributed by atoms with Gasteiger partial charge in [0, 0.05) is 25.4 Å². The summed E-state index contributed by atoms with van der Waals surface area (Å²) < 4.78 is 7.57. The largest absolute Gasteiger partial charge is 0.371 e. The number of amides is 1. The first-order valence-electron chi connectivity index (χ1n) is 6.60. The average Bonchev–Trinajstić information content (AvgIpc) is 2.75. The van der Waals surface area contributed by atoms with Crippen LogP contribution in [0.15, 0.2) is 12.4 Å². The van der Waals surface area contributed by atoms with Gasteiger partial charge in [-0.05, 0) is 26.9 Å². The number of nitrogens with one attached hydrogen (secondary N) is 1. The smallest absolute Gasteiger partial charge is 0.234 e. The Morgan fingerprint density at radius 1 is 1.63 bits per heavy atom. The summed E-state index contributed by atoms with van der Waals surface area (Å²) in [5, 5.41) is 7.23. The summed E-state index contributed by atoms with van der Waals surface area (Å²) in [5.41, 5.74) is 1.03. The van der Waals surface area contributed by atoms with Crippen molar-refractivity contribution in [2.24, 2.45) is 7.05 Å². The van der Waals surface area contributed by atoms with Crippen LogP contribution in [0, 0.1) is 0 Å². The van der Waals surface area contributed by atoms with Crippen molar-refractivity contribution >= 4 is 5.91 Å². The molecular formula is C13H22N4O2. The number of aromatic nitrogens is 2. The lowest BCUT2D eigenvalue weighted by Crippen LogP contribution is -2.45. The van der Waals surface area contributed by atoms with Gasteiger partial charge in [0.1, 0.15) is 6.10 Å². The van der Waals surface area contributed by atoms with E-state index in [0.29, 0.717) is 6.54 Å². The van der Waals surface area contributed by atoms with Crippen LogP contribution in [0.5, 0.6) is 0 Å². The van der Waals surface area contributed by atoms with E-state index in [-0.39, 0.29) is 18.1 Å². The fourth-order valence-corrected chi connectivity index (χ4v) is 2.38. The minimum absolute atomic E-state index is 0.0328. The molecule has 1 fully saturated rings. The van der Waals surface area contributed by atoms with Gasteiger partial charge < -0.3 is 15.0 Å². The molecule has 0 bridgehead atoms. The zero-order valence-corrected chi connectivity index (χ0v) is 11.8. The van der Waals surface area contributed by atoms with Crippen LogP contribution in [0.3, 0.4) is 0 Å². The van der Waals surface area contributed by atoms with Crippen molar-refractivity contribution in [1.29, 1.82) is 0 Å². The van der Waals surface area contributed by atoms with Gasteiger partial charge in [0.2, 0.25) is 5.91 Å². The van der Waals surface area contributed by atoms with Gasteiger partial charge in [0.05, 0.1) is 18.8 Å². The van der Waals surface area contributed by atoms with E-state index in [1.54, 1.807) is 10.9 Å². The maximum absolute atomic E-state index is 11.9. The number of carbonyl (C=O) groups is 1. The minimum atomic E-state index is -0.0893. The van der Waals surface area contributed by atoms with E-state index in [1.165, 1.54) is 0 Å². The molecule has 0 radical (unpaired) electrons. The zero-order valence-electron chi connectivity index (χ0n) is 11.8. The molecule has 2 heterocycles. The Hall–Kier alpha value is -1.40. The number of carbonyl (C=O) groups excluding carboxylic acids is 1. The number of hydrogen-bond acceptors (Lipinski definition) is 4. The average molecular weight is 266 g/mol. The van der Waals surface area contributed by atoms with Crippen molar-refractivity contribution < 1.29 is 9.53 Å². The van der Waals surface area contributed by atoms with E-state index in [9.17, 15) is 4.79 Å². The maximum atomic E-state index is 11.9. The monoisotopic (exact) mass is 266 g/mol. The molecule has 1 amide bonds. The number of nitrogens with zero attached hydrogens (tertiary/aromatic N) is 3. The van der Waals surface area contributed by atoms with Gasteiger partial charge in [-0.3, -0.25) is 9.48 Å². The highest BCUT2D eigenvalue weighted by atomic mass is 16.5. The molecule has 1 aromatic heterocycles. The highest BCUT2D eigenvalue weighted by Gasteiger charge is 2.29. The Labute approximate surface area is 113 Å². The molecule has 0 unspecified atom stereocenters. The van der Waals surface area contributed by atoms with Gasteiger partial charge >= 0.3 is 0 Å². The van der Waals surface area contributed by atoms with Crippen LogP contribution in [-0.4, -0.2) is 53.9 Å². The molecule has 0 spiro atoms. The molecule has 1 saturated heterocycles. The second-order valence-electron chi connectivity index (χ2n) is 5.29. The van der Waals surface area contributed by atoms with Crippen molar-refractivity contribution in [3.8, 4) is 0 Å². The van der Waals surface area contributed by atoms with Crippen LogP contribution in [0.2, 0.25) is 0 Å². The topological polar surface area (TPSA) is 59.4 Å². The second-order valence-corrected chi connectivity index (χ2v) is 5.29. The van der Waals surface area contributed by atoms with E-state index in [0.717, 1.165) is 25.0 Å². The number of hydrogen-bond donors (Lipinski definition) is 1. The summed E-state index contributed by atoms with van der Waals surface area (Å²) in [5.74, 6) is 0.0365. The van der Waals surface area contributed by atoms with Crippen molar-refractivity contribution in [3.05, 3.63) is 18.0 Å². The summed E-state index contributed by atoms with van der Waals surface area (Å²) in [6.07, 6.45) is 5.58. The maximum Gasteiger partial charge on any atom is 0.234 e. The minimum Gasteiger partial charge on any atom is -0.371 e. The van der Waals surface area contributed by atoms with Crippen LogP contribution in [0.1, 0.15) is 24.5 Å². The fraction of sp³-hybridized carbons (Fsp3) is 0.692. The lowest BCUT2D eigenvalue weighted by molar-refractivity contribution is -0.124. The predicted molar refractivity (Wildman–Crippen MR) is 71.6 cm³/mol. The first kappa shape index (κ1) is 14.0. The Bertz CT molecular complexity index is 430. The summed E-state index contributed by atoms with van der Waals surface area (Å²) in [4.78, 5) is 13.7. The standard InChI is InChI=1S/C13H22N4O2/c1-16(2)9-12(18)15-11-5-4-6-19-13(11)10-7-14-17(3)8-10/h7-8,11,13H,4-6,9H2,1-3H3,(H,15,18)/t11-,13+/m0/s1. The highest BCUT2D eigenvalue weighted by molar-refractivity contribution is 5.78. The molecule has 0 aromatic carbocycles. The Balaban J connectivity index is 2.02. The van der Waals surface area contributed by atoms with E-state index in [2.05, 4.69) is 10.4 Å². The van der Waals surface area contributed by atoms with Crippen molar-refractivity contribution in [3.63, 3.8) is 0 Å². The second kappa shape index (κ2) is 6.16. The molecule has 1 aliphatic heterocycles. The third-order valence-corrected chi connectivity index (χ3v) is 3.18. The number of ether oxygens (including phenoxy) is 1. The lowest BCUT2D eigenvalue weighted by Gasteiger charge is -2.32. The molecule has 106 valence electrons. The third-order valence-electron chi connectivity index (χ3n) is 3.18. The number of rotatable bonds is 4. The molecule has 0 saturated carbocycles. The molecule has 0 aliphatic carbocycles. The third kappa shape index (κ3) is 3.78. The lowest BCUT2D eigenvalue weighted by atomic mass is 9.98. The molecule has 6 heteroatoms. The summed E-state index contributed by atoms with van der Waals surface area (Å²) in [6.45, 7) is 1.13. The zero-order chi connectivity index (χ0) is 13.8. The van der Waals surface area contributed by atoms with Gasteiger partial charge in [0.25, 0.3) is 0 Å². The molecule has 1 aliphatic rings. The van der Waals surface area contributed by atoms with Crippen molar-refractivity contribution in [2.75, 3.05) is 27.2 Å². The molecule has 2 atom stereocenters. The van der Waals surface area contributed by atoms with Crippen molar-refractivity contribution in [2.45, 2.75) is 25.0 Å². The van der Waals surface area contributed by atoms with Gasteiger partial charge in [-0.15, -0.1) is 0 Å². The molecule has 1 N–H and O–H groups in total. The van der Waals surface area contributed by atoms with Gasteiger partial charge in [0.15, 0.2) is 0 Å². The summed E-state index contributed by atoms with van der Waals surface area (Å²) >= 11 is 0.